The van der Waals surface area contributed by atoms with Gasteiger partial charge in [0.1, 0.15) is 0 Å². The molecule has 0 aromatic carbocycles. The van der Waals surface area contributed by atoms with E-state index in [4.69, 9.17) is 0 Å². The molecule has 0 radical (unpaired) electrons. The van der Waals surface area contributed by atoms with Crippen LogP contribution in [0.2, 0.25) is 0 Å². The van der Waals surface area contributed by atoms with Gasteiger partial charge in [0.25, 0.3) is 0 Å². The summed E-state index contributed by atoms with van der Waals surface area (Å²) in [6.45, 7) is 10.5. The zero-order chi connectivity index (χ0) is 18.7. The molecule has 26 heavy (non-hydrogen) atoms. The third-order valence-electron chi connectivity index (χ3n) is 5.05. The number of nitrogens with one attached hydrogen (secondary N) is 2. The summed E-state index contributed by atoms with van der Waals surface area (Å²) in [6, 6.07) is 0. The predicted octanol–water partition coefficient (Wildman–Crippen LogP) is 1.39. The van der Waals surface area contributed by atoms with Crippen LogP contribution in [0.4, 0.5) is 0 Å². The van der Waals surface area contributed by atoms with Gasteiger partial charge in [0.15, 0.2) is 15.8 Å². The van der Waals surface area contributed by atoms with E-state index in [2.05, 4.69) is 20.5 Å². The number of carbonyl (C=O) groups is 1. The van der Waals surface area contributed by atoms with E-state index in [1.807, 2.05) is 6.92 Å². The molecule has 0 aromatic heterocycles. The molecule has 1 atom stereocenters. The second-order valence-corrected chi connectivity index (χ2v) is 11.0. The third-order valence-corrected chi connectivity index (χ3v) is 7.63. The van der Waals surface area contributed by atoms with Gasteiger partial charge in [-0.05, 0) is 40.5 Å². The number of rotatable bonds is 4. The van der Waals surface area contributed by atoms with Crippen molar-refractivity contribution in [3.8, 4) is 0 Å². The summed E-state index contributed by atoms with van der Waals surface area (Å²) in [6.07, 6.45) is 2.63. The second kappa shape index (κ2) is 9.07. The van der Waals surface area contributed by atoms with Crippen molar-refractivity contribution < 1.29 is 13.2 Å². The molecule has 0 bridgehead atoms. The molecule has 0 aliphatic carbocycles. The maximum atomic E-state index is 12.3. The zero-order valence-electron chi connectivity index (χ0n) is 16.3. The Hall–Kier alpha value is -0.580. The molecule has 7 nitrogen and oxygen atoms in total. The fraction of sp³-hybridized carbons (Fsp3) is 0.882. The molecule has 2 rings (SSSR count). The number of carbonyl (C=O) groups excluding carboxylic acids is 1. The van der Waals surface area contributed by atoms with Gasteiger partial charge in [0, 0.05) is 38.0 Å². The van der Waals surface area contributed by atoms with Gasteiger partial charge in [0.05, 0.1) is 17.0 Å². The highest BCUT2D eigenvalue weighted by Crippen LogP contribution is 2.36. The number of aliphatic imine (C=N–C) groups is 1. The van der Waals surface area contributed by atoms with Gasteiger partial charge in [-0.25, -0.2) is 8.42 Å². The number of nitrogens with zero attached hydrogens (tertiary/aromatic N) is 2. The zero-order valence-corrected chi connectivity index (χ0v) is 19.4. The molecule has 0 saturated carbocycles. The van der Waals surface area contributed by atoms with Gasteiger partial charge < -0.3 is 15.5 Å². The van der Waals surface area contributed by atoms with Crippen molar-refractivity contribution in [2.24, 2.45) is 10.4 Å². The Balaban J connectivity index is 0.00000338. The van der Waals surface area contributed by atoms with Crippen LogP contribution in [0.5, 0.6) is 0 Å². The quantitative estimate of drug-likeness (QED) is 0.346. The molecule has 1 amide bonds. The van der Waals surface area contributed by atoms with E-state index in [9.17, 15) is 13.2 Å². The molecule has 152 valence electrons. The highest BCUT2D eigenvalue weighted by atomic mass is 127. The van der Waals surface area contributed by atoms with Crippen LogP contribution in [0.1, 0.15) is 47.0 Å². The molecule has 2 saturated heterocycles. The fourth-order valence-corrected chi connectivity index (χ4v) is 4.38. The number of sulfone groups is 1. The van der Waals surface area contributed by atoms with Crippen LogP contribution >= 0.6 is 24.0 Å². The summed E-state index contributed by atoms with van der Waals surface area (Å²) in [5.74, 6) is 0.926. The Morgan fingerprint density at radius 2 is 2.08 bits per heavy atom. The monoisotopic (exact) mass is 500 g/mol. The van der Waals surface area contributed by atoms with Crippen molar-refractivity contribution in [2.45, 2.75) is 51.7 Å². The Morgan fingerprint density at radius 1 is 1.38 bits per heavy atom. The molecule has 2 aliphatic heterocycles. The molecule has 1 unspecified atom stereocenters. The van der Waals surface area contributed by atoms with Gasteiger partial charge in [-0.15, -0.1) is 24.0 Å². The number of piperidine rings is 1. The van der Waals surface area contributed by atoms with Crippen molar-refractivity contribution in [3.63, 3.8) is 0 Å². The minimum Gasteiger partial charge on any atom is -0.357 e. The number of hydrogen-bond donors (Lipinski definition) is 2. The molecule has 1 spiro atoms. The van der Waals surface area contributed by atoms with E-state index in [-0.39, 0.29) is 47.6 Å². The summed E-state index contributed by atoms with van der Waals surface area (Å²) in [7, 11) is -3.18. The molecule has 2 aliphatic rings. The van der Waals surface area contributed by atoms with E-state index in [0.29, 0.717) is 6.42 Å². The number of halogens is 1. The Kier molecular flexibility index (Phi) is 8.19. The maximum absolute atomic E-state index is 12.3. The van der Waals surface area contributed by atoms with Crippen LogP contribution < -0.4 is 10.6 Å². The van der Waals surface area contributed by atoms with Crippen LogP contribution in [0.25, 0.3) is 0 Å². The van der Waals surface area contributed by atoms with Crippen LogP contribution in [-0.4, -0.2) is 68.4 Å². The van der Waals surface area contributed by atoms with Crippen molar-refractivity contribution in [1.82, 2.24) is 15.5 Å². The number of amides is 1. The maximum Gasteiger partial charge on any atom is 0.220 e. The van der Waals surface area contributed by atoms with Crippen LogP contribution in [0, 0.1) is 5.41 Å². The standard InChI is InChI=1S/C17H32N4O3S.HI/c1-5-18-15(19-8-10-25(23,24)16(2,3)4)21-9-6-7-17(13-21)11-14(22)20-12-17;/h5-13H2,1-4H3,(H,18,19)(H,20,22);1H. The molecular formula is C17H33IN4O3S. The van der Waals surface area contributed by atoms with Crippen molar-refractivity contribution in [1.29, 1.82) is 0 Å². The van der Waals surface area contributed by atoms with Crippen molar-refractivity contribution >= 4 is 45.7 Å². The highest BCUT2D eigenvalue weighted by Gasteiger charge is 2.42. The normalized spacial score (nSPS) is 24.4. The first-order chi connectivity index (χ1) is 11.6. The minimum absolute atomic E-state index is 0. The SMILES string of the molecule is CCNC(=NCCS(=O)(=O)C(C)(C)C)N1CCCC2(CNC(=O)C2)C1.I. The lowest BCUT2D eigenvalue weighted by Gasteiger charge is -2.40. The number of guanidine groups is 1. The van der Waals surface area contributed by atoms with E-state index in [1.54, 1.807) is 20.8 Å². The number of hydrogen-bond acceptors (Lipinski definition) is 4. The lowest BCUT2D eigenvalue weighted by molar-refractivity contribution is -0.119. The Bertz CT molecular complexity index is 630. The first kappa shape index (κ1) is 23.5. The molecule has 2 fully saturated rings. The predicted molar refractivity (Wildman–Crippen MR) is 116 cm³/mol. The van der Waals surface area contributed by atoms with Crippen LogP contribution in [0.3, 0.4) is 0 Å². The molecule has 2 heterocycles. The lowest BCUT2D eigenvalue weighted by Crippen LogP contribution is -2.51. The Labute approximate surface area is 174 Å². The van der Waals surface area contributed by atoms with E-state index < -0.39 is 14.6 Å². The molecular weight excluding hydrogens is 467 g/mol. The van der Waals surface area contributed by atoms with Crippen molar-refractivity contribution in [2.75, 3.05) is 38.5 Å². The van der Waals surface area contributed by atoms with Gasteiger partial charge in [-0.2, -0.15) is 0 Å². The lowest BCUT2D eigenvalue weighted by atomic mass is 9.79. The summed E-state index contributed by atoms with van der Waals surface area (Å²) in [5, 5.41) is 6.22. The fourth-order valence-electron chi connectivity index (χ4n) is 3.43. The second-order valence-electron chi connectivity index (χ2n) is 8.15. The summed E-state index contributed by atoms with van der Waals surface area (Å²) < 4.78 is 23.8. The topological polar surface area (TPSA) is 90.9 Å². The van der Waals surface area contributed by atoms with Crippen LogP contribution in [-0.2, 0) is 14.6 Å². The smallest absolute Gasteiger partial charge is 0.220 e. The highest BCUT2D eigenvalue weighted by molar-refractivity contribution is 14.0. The van der Waals surface area contributed by atoms with E-state index in [1.165, 1.54) is 0 Å². The summed E-state index contributed by atoms with van der Waals surface area (Å²) in [4.78, 5) is 18.4. The van der Waals surface area contributed by atoms with Gasteiger partial charge in [0.2, 0.25) is 5.91 Å². The van der Waals surface area contributed by atoms with Gasteiger partial charge in [-0.3, -0.25) is 9.79 Å². The first-order valence-corrected chi connectivity index (χ1v) is 10.8. The first-order valence-electron chi connectivity index (χ1n) is 9.11. The number of likely N-dealkylation sites (tertiary alicyclic amines) is 1. The minimum atomic E-state index is -3.18. The summed E-state index contributed by atoms with van der Waals surface area (Å²) in [5.41, 5.74) is -0.0109. The average Bonchev–Trinajstić information content (AvgIpc) is 2.85. The average molecular weight is 500 g/mol. The molecule has 0 aromatic rings. The van der Waals surface area contributed by atoms with Gasteiger partial charge >= 0.3 is 0 Å². The van der Waals surface area contributed by atoms with E-state index in [0.717, 1.165) is 45.0 Å². The van der Waals surface area contributed by atoms with Crippen molar-refractivity contribution in [3.05, 3.63) is 0 Å². The molecule has 2 N–H and O–H groups in total. The third kappa shape index (κ3) is 5.71. The summed E-state index contributed by atoms with van der Waals surface area (Å²) >= 11 is 0. The van der Waals surface area contributed by atoms with Gasteiger partial charge in [-0.1, -0.05) is 0 Å². The largest absolute Gasteiger partial charge is 0.357 e. The van der Waals surface area contributed by atoms with E-state index >= 15 is 0 Å². The Morgan fingerprint density at radius 3 is 2.62 bits per heavy atom. The van der Waals surface area contributed by atoms with Crippen LogP contribution in [0.15, 0.2) is 4.99 Å². The molecule has 9 heteroatoms.